The number of aromatic hydroxyl groups is 1. The van der Waals surface area contributed by atoms with Crippen LogP contribution >= 0.6 is 0 Å². The number of nitrogens with zero attached hydrogens (tertiary/aromatic N) is 2. The highest BCUT2D eigenvalue weighted by Gasteiger charge is 2.21. The first-order chi connectivity index (χ1) is 13.7. The normalized spacial score (nSPS) is 16.2. The number of para-hydroxylation sites is 2. The Hall–Kier alpha value is -2.76. The van der Waals surface area contributed by atoms with E-state index in [1.807, 2.05) is 48.5 Å². The van der Waals surface area contributed by atoms with Gasteiger partial charge in [-0.1, -0.05) is 48.5 Å². The topological polar surface area (TPSA) is 56.2 Å². The van der Waals surface area contributed by atoms with Gasteiger partial charge >= 0.3 is 0 Å². The molecule has 0 aromatic heterocycles. The van der Waals surface area contributed by atoms with Crippen molar-refractivity contribution < 1.29 is 14.9 Å². The zero-order valence-corrected chi connectivity index (χ0v) is 15.9. The van der Waals surface area contributed by atoms with E-state index in [0.717, 1.165) is 48.4 Å². The summed E-state index contributed by atoms with van der Waals surface area (Å²) >= 11 is 0. The minimum atomic E-state index is -0.546. The molecule has 1 aliphatic heterocycles. The van der Waals surface area contributed by atoms with Gasteiger partial charge in [-0.15, -0.1) is 0 Å². The first-order valence-electron chi connectivity index (χ1n) is 9.74. The van der Waals surface area contributed by atoms with Crippen molar-refractivity contribution in [2.24, 2.45) is 0 Å². The lowest BCUT2D eigenvalue weighted by atomic mass is 10.1. The van der Waals surface area contributed by atoms with Crippen molar-refractivity contribution in [3.8, 4) is 11.5 Å². The lowest BCUT2D eigenvalue weighted by Crippen LogP contribution is -2.49. The number of hydrogen-bond donors (Lipinski definition) is 2. The van der Waals surface area contributed by atoms with Crippen molar-refractivity contribution in [3.63, 3.8) is 0 Å². The molecular formula is C23H26N2O3. The van der Waals surface area contributed by atoms with Crippen LogP contribution in [0.1, 0.15) is 0 Å². The molecule has 0 saturated carbocycles. The van der Waals surface area contributed by atoms with Crippen LogP contribution in [-0.4, -0.2) is 60.5 Å². The molecule has 0 radical (unpaired) electrons. The first kappa shape index (κ1) is 18.6. The van der Waals surface area contributed by atoms with Gasteiger partial charge in [-0.2, -0.15) is 0 Å². The number of rotatable bonds is 6. The van der Waals surface area contributed by atoms with E-state index < -0.39 is 6.10 Å². The summed E-state index contributed by atoms with van der Waals surface area (Å²) in [5.74, 6) is 1.13. The van der Waals surface area contributed by atoms with Crippen molar-refractivity contribution in [2.45, 2.75) is 6.10 Å². The van der Waals surface area contributed by atoms with Crippen molar-refractivity contribution in [2.75, 3.05) is 44.2 Å². The number of benzene rings is 3. The molecule has 2 N–H and O–H groups in total. The number of fused-ring (bicyclic) bond motifs is 1. The van der Waals surface area contributed by atoms with Crippen LogP contribution < -0.4 is 9.64 Å². The summed E-state index contributed by atoms with van der Waals surface area (Å²) in [5.41, 5.74) is 0.877. The van der Waals surface area contributed by atoms with E-state index in [0.29, 0.717) is 12.3 Å². The molecule has 1 saturated heterocycles. The zero-order chi connectivity index (χ0) is 19.3. The van der Waals surface area contributed by atoms with Gasteiger partial charge in [0, 0.05) is 38.1 Å². The Morgan fingerprint density at radius 1 is 0.857 bits per heavy atom. The molecule has 4 rings (SSSR count). The van der Waals surface area contributed by atoms with Crippen LogP contribution in [0.15, 0.2) is 66.7 Å². The molecule has 3 aromatic carbocycles. The van der Waals surface area contributed by atoms with Gasteiger partial charge in [0.15, 0.2) is 0 Å². The van der Waals surface area contributed by atoms with Crippen molar-refractivity contribution in [3.05, 3.63) is 66.7 Å². The molecular weight excluding hydrogens is 352 g/mol. The number of piperazine rings is 1. The molecule has 1 heterocycles. The summed E-state index contributed by atoms with van der Waals surface area (Å²) in [5, 5.41) is 22.7. The van der Waals surface area contributed by atoms with Gasteiger partial charge in [0.25, 0.3) is 0 Å². The largest absolute Gasteiger partial charge is 0.506 e. The number of phenolic OH excluding ortho intramolecular Hbond substituents is 1. The Morgan fingerprint density at radius 2 is 1.57 bits per heavy atom. The number of anilines is 1. The third-order valence-corrected chi connectivity index (χ3v) is 5.24. The molecule has 0 unspecified atom stereocenters. The van der Waals surface area contributed by atoms with Crippen LogP contribution in [0.5, 0.6) is 11.5 Å². The number of phenols is 1. The van der Waals surface area contributed by atoms with E-state index in [2.05, 4.69) is 21.9 Å². The highest BCUT2D eigenvalue weighted by Crippen LogP contribution is 2.27. The van der Waals surface area contributed by atoms with Gasteiger partial charge in [-0.25, -0.2) is 0 Å². The number of aliphatic hydroxyl groups excluding tert-OH is 1. The van der Waals surface area contributed by atoms with E-state index in [-0.39, 0.29) is 6.61 Å². The molecule has 3 aromatic rings. The molecule has 0 bridgehead atoms. The number of ether oxygens (including phenoxy) is 1. The fourth-order valence-electron chi connectivity index (χ4n) is 3.76. The first-order valence-corrected chi connectivity index (χ1v) is 9.74. The second kappa shape index (κ2) is 8.50. The molecule has 1 atom stereocenters. The summed E-state index contributed by atoms with van der Waals surface area (Å²) < 4.78 is 5.91. The highest BCUT2D eigenvalue weighted by atomic mass is 16.5. The fraction of sp³-hybridized carbons (Fsp3) is 0.304. The van der Waals surface area contributed by atoms with Gasteiger partial charge in [-0.3, -0.25) is 4.90 Å². The standard InChI is InChI=1S/C23H26N2O3/c26-19(17-28-23-11-5-7-18-6-1-2-8-20(18)23)16-24-12-14-25(15-13-24)21-9-3-4-10-22(21)27/h1-11,19,26-27H,12-17H2/t19-/m1/s1. The predicted molar refractivity (Wildman–Crippen MR) is 112 cm³/mol. The van der Waals surface area contributed by atoms with E-state index >= 15 is 0 Å². The zero-order valence-electron chi connectivity index (χ0n) is 15.9. The van der Waals surface area contributed by atoms with Crippen LogP contribution in [0.4, 0.5) is 5.69 Å². The van der Waals surface area contributed by atoms with Crippen LogP contribution in [0.3, 0.4) is 0 Å². The van der Waals surface area contributed by atoms with Crippen LogP contribution in [-0.2, 0) is 0 Å². The van der Waals surface area contributed by atoms with E-state index in [9.17, 15) is 10.2 Å². The Balaban J connectivity index is 1.28. The maximum atomic E-state index is 10.4. The molecule has 1 aliphatic rings. The summed E-state index contributed by atoms with van der Waals surface area (Å²) in [6, 6.07) is 21.5. The highest BCUT2D eigenvalue weighted by molar-refractivity contribution is 5.88. The third-order valence-electron chi connectivity index (χ3n) is 5.24. The molecule has 0 aliphatic carbocycles. The lowest BCUT2D eigenvalue weighted by molar-refractivity contribution is 0.0668. The van der Waals surface area contributed by atoms with Crippen LogP contribution in [0.25, 0.3) is 10.8 Å². The SMILES string of the molecule is Oc1ccccc1N1CCN(C[C@@H](O)COc2cccc3ccccc23)CC1. The maximum Gasteiger partial charge on any atom is 0.138 e. The quantitative estimate of drug-likeness (QED) is 0.690. The van der Waals surface area contributed by atoms with Gasteiger partial charge in [-0.05, 0) is 23.6 Å². The van der Waals surface area contributed by atoms with Gasteiger partial charge in [0.05, 0.1) is 5.69 Å². The number of aliphatic hydroxyl groups is 1. The van der Waals surface area contributed by atoms with Gasteiger partial charge < -0.3 is 19.8 Å². The van der Waals surface area contributed by atoms with Gasteiger partial charge in [0.2, 0.25) is 0 Å². The minimum absolute atomic E-state index is 0.272. The van der Waals surface area contributed by atoms with E-state index in [4.69, 9.17) is 4.74 Å². The Kier molecular flexibility index (Phi) is 5.65. The molecule has 0 spiro atoms. The Bertz CT molecular complexity index is 917. The van der Waals surface area contributed by atoms with Crippen molar-refractivity contribution >= 4 is 16.5 Å². The van der Waals surface area contributed by atoms with Crippen LogP contribution in [0.2, 0.25) is 0 Å². The maximum absolute atomic E-state index is 10.4. The number of hydrogen-bond acceptors (Lipinski definition) is 5. The molecule has 5 nitrogen and oxygen atoms in total. The lowest BCUT2D eigenvalue weighted by Gasteiger charge is -2.37. The molecule has 1 fully saturated rings. The Labute approximate surface area is 165 Å². The average molecular weight is 378 g/mol. The van der Waals surface area contributed by atoms with Crippen molar-refractivity contribution in [1.29, 1.82) is 0 Å². The summed E-state index contributed by atoms with van der Waals surface area (Å²) in [6.07, 6.45) is -0.546. The second-order valence-electron chi connectivity index (χ2n) is 7.22. The van der Waals surface area contributed by atoms with Crippen molar-refractivity contribution in [1.82, 2.24) is 4.90 Å². The average Bonchev–Trinajstić information content (AvgIpc) is 2.73. The monoisotopic (exact) mass is 378 g/mol. The molecule has 0 amide bonds. The van der Waals surface area contributed by atoms with E-state index in [1.54, 1.807) is 6.07 Å². The summed E-state index contributed by atoms with van der Waals surface area (Å²) in [7, 11) is 0. The smallest absolute Gasteiger partial charge is 0.138 e. The molecule has 28 heavy (non-hydrogen) atoms. The van der Waals surface area contributed by atoms with Gasteiger partial charge in [0.1, 0.15) is 24.2 Å². The van der Waals surface area contributed by atoms with E-state index in [1.165, 1.54) is 0 Å². The molecule has 146 valence electrons. The predicted octanol–water partition coefficient (Wildman–Crippen LogP) is 3.11. The second-order valence-corrected chi connectivity index (χ2v) is 7.22. The minimum Gasteiger partial charge on any atom is -0.506 e. The summed E-state index contributed by atoms with van der Waals surface area (Å²) in [4.78, 5) is 4.43. The fourth-order valence-corrected chi connectivity index (χ4v) is 3.76. The number of β-amino-alcohol motifs (C(OH)–C–C–N with tert-alkyl or cyclic N) is 1. The molecule has 5 heteroatoms. The Morgan fingerprint density at radius 3 is 2.39 bits per heavy atom. The summed E-state index contributed by atoms with van der Waals surface area (Å²) in [6.45, 7) is 4.20. The van der Waals surface area contributed by atoms with Crippen LogP contribution in [0, 0.1) is 0 Å². The third kappa shape index (κ3) is 4.21.